The van der Waals surface area contributed by atoms with Crippen molar-refractivity contribution < 1.29 is 18.3 Å². The van der Waals surface area contributed by atoms with E-state index >= 15 is 0 Å². The summed E-state index contributed by atoms with van der Waals surface area (Å²) in [4.78, 5) is 0. The van der Waals surface area contributed by atoms with Crippen LogP contribution in [-0.2, 0) is 0 Å². The van der Waals surface area contributed by atoms with E-state index in [0.717, 1.165) is 23.8 Å². The normalized spacial score (nSPS) is 12.2. The lowest BCUT2D eigenvalue weighted by molar-refractivity contribution is 0.186. The molecule has 5 heteroatoms. The number of anilines is 1. The summed E-state index contributed by atoms with van der Waals surface area (Å²) in [6, 6.07) is 7.08. The Bertz CT molecular complexity index is 616. The van der Waals surface area contributed by atoms with Crippen LogP contribution in [0.3, 0.4) is 0 Å². The second-order valence-electron chi connectivity index (χ2n) is 4.52. The van der Waals surface area contributed by atoms with Crippen LogP contribution in [0.4, 0.5) is 18.9 Å². The van der Waals surface area contributed by atoms with Crippen LogP contribution < -0.4 is 5.32 Å². The maximum absolute atomic E-state index is 13.5. The third-order valence-corrected chi connectivity index (χ3v) is 3.00. The van der Waals surface area contributed by atoms with Gasteiger partial charge in [0.2, 0.25) is 0 Å². The summed E-state index contributed by atoms with van der Waals surface area (Å²) in [5.41, 5.74) is 1.16. The highest BCUT2D eigenvalue weighted by Crippen LogP contribution is 2.21. The molecular weight excluding hydrogens is 267 g/mol. The second-order valence-corrected chi connectivity index (χ2v) is 4.52. The fourth-order valence-electron chi connectivity index (χ4n) is 1.87. The molecule has 2 N–H and O–H groups in total. The monoisotopic (exact) mass is 281 g/mol. The molecule has 0 radical (unpaired) electrons. The zero-order chi connectivity index (χ0) is 14.7. The molecule has 0 aromatic heterocycles. The largest absolute Gasteiger partial charge is 0.386 e. The number of aryl methyl sites for hydroxylation is 1. The average Bonchev–Trinajstić information content (AvgIpc) is 2.42. The second kappa shape index (κ2) is 5.96. The standard InChI is InChI=1S/C15H14F3NO/c1-9-2-3-11(17)7-14(9)19-8-15(20)12-6-10(16)4-5-13(12)18/h2-7,15,19-20H,8H2,1H3. The molecule has 2 aromatic rings. The highest BCUT2D eigenvalue weighted by atomic mass is 19.1. The number of rotatable bonds is 4. The molecular formula is C15H14F3NO. The van der Waals surface area contributed by atoms with E-state index < -0.39 is 23.6 Å². The predicted molar refractivity (Wildman–Crippen MR) is 70.9 cm³/mol. The van der Waals surface area contributed by atoms with Gasteiger partial charge in [-0.3, -0.25) is 0 Å². The number of aliphatic hydroxyl groups excluding tert-OH is 1. The van der Waals surface area contributed by atoms with Crippen molar-refractivity contribution in [3.8, 4) is 0 Å². The van der Waals surface area contributed by atoms with Crippen molar-refractivity contribution in [2.24, 2.45) is 0 Å². The number of halogens is 3. The molecule has 1 unspecified atom stereocenters. The third-order valence-electron chi connectivity index (χ3n) is 3.00. The smallest absolute Gasteiger partial charge is 0.129 e. The predicted octanol–water partition coefficient (Wildman–Crippen LogP) is 3.56. The van der Waals surface area contributed by atoms with Gasteiger partial charge in [0.05, 0.1) is 6.10 Å². The van der Waals surface area contributed by atoms with Gasteiger partial charge in [0.25, 0.3) is 0 Å². The van der Waals surface area contributed by atoms with E-state index in [1.54, 1.807) is 13.0 Å². The molecule has 0 aliphatic heterocycles. The van der Waals surface area contributed by atoms with Gasteiger partial charge in [-0.15, -0.1) is 0 Å². The van der Waals surface area contributed by atoms with Crippen LogP contribution in [0, 0.1) is 24.4 Å². The van der Waals surface area contributed by atoms with Crippen LogP contribution in [0.15, 0.2) is 36.4 Å². The molecule has 2 nitrogen and oxygen atoms in total. The Balaban J connectivity index is 2.10. The first-order valence-electron chi connectivity index (χ1n) is 6.10. The summed E-state index contributed by atoms with van der Waals surface area (Å²) >= 11 is 0. The summed E-state index contributed by atoms with van der Waals surface area (Å²) in [5, 5.41) is 12.7. The van der Waals surface area contributed by atoms with Gasteiger partial charge in [0.15, 0.2) is 0 Å². The molecule has 0 aliphatic carbocycles. The minimum Gasteiger partial charge on any atom is -0.386 e. The van der Waals surface area contributed by atoms with Crippen LogP contribution in [0.2, 0.25) is 0 Å². The number of aliphatic hydroxyl groups is 1. The maximum Gasteiger partial charge on any atom is 0.129 e. The van der Waals surface area contributed by atoms with Crippen LogP contribution >= 0.6 is 0 Å². The first kappa shape index (κ1) is 14.4. The SMILES string of the molecule is Cc1ccc(F)cc1NCC(O)c1cc(F)ccc1F. The molecule has 0 bridgehead atoms. The molecule has 106 valence electrons. The summed E-state index contributed by atoms with van der Waals surface area (Å²) in [6.07, 6.45) is -1.23. The molecule has 20 heavy (non-hydrogen) atoms. The summed E-state index contributed by atoms with van der Waals surface area (Å²) in [5.74, 6) is -1.72. The quantitative estimate of drug-likeness (QED) is 0.898. The van der Waals surface area contributed by atoms with Crippen LogP contribution in [0.5, 0.6) is 0 Å². The van der Waals surface area contributed by atoms with E-state index in [1.165, 1.54) is 12.1 Å². The van der Waals surface area contributed by atoms with E-state index in [-0.39, 0.29) is 12.1 Å². The maximum atomic E-state index is 13.5. The van der Waals surface area contributed by atoms with Crippen LogP contribution in [-0.4, -0.2) is 11.7 Å². The number of hydrogen-bond acceptors (Lipinski definition) is 2. The van der Waals surface area contributed by atoms with Crippen molar-refractivity contribution in [1.29, 1.82) is 0 Å². The molecule has 0 fully saturated rings. The Morgan fingerprint density at radius 2 is 1.70 bits per heavy atom. The van der Waals surface area contributed by atoms with Gasteiger partial charge in [0.1, 0.15) is 17.5 Å². The van der Waals surface area contributed by atoms with Gasteiger partial charge in [-0.25, -0.2) is 13.2 Å². The molecule has 0 saturated carbocycles. The molecule has 0 spiro atoms. The van der Waals surface area contributed by atoms with Crippen LogP contribution in [0.1, 0.15) is 17.2 Å². The van der Waals surface area contributed by atoms with Gasteiger partial charge in [-0.05, 0) is 42.8 Å². The van der Waals surface area contributed by atoms with Gasteiger partial charge >= 0.3 is 0 Å². The van der Waals surface area contributed by atoms with E-state index in [9.17, 15) is 18.3 Å². The zero-order valence-electron chi connectivity index (χ0n) is 10.8. The summed E-state index contributed by atoms with van der Waals surface area (Å²) in [6.45, 7) is 1.72. The van der Waals surface area contributed by atoms with Crippen molar-refractivity contribution in [2.75, 3.05) is 11.9 Å². The van der Waals surface area contributed by atoms with Crippen molar-refractivity contribution in [2.45, 2.75) is 13.0 Å². The molecule has 0 saturated heterocycles. The molecule has 0 heterocycles. The Morgan fingerprint density at radius 1 is 1.05 bits per heavy atom. The van der Waals surface area contributed by atoms with E-state index in [2.05, 4.69) is 5.32 Å². The first-order chi connectivity index (χ1) is 9.47. The fraction of sp³-hybridized carbons (Fsp3) is 0.200. The molecule has 1 atom stereocenters. The van der Waals surface area contributed by atoms with E-state index in [4.69, 9.17) is 0 Å². The minimum atomic E-state index is -1.23. The van der Waals surface area contributed by atoms with Crippen molar-refractivity contribution >= 4 is 5.69 Å². The van der Waals surface area contributed by atoms with Gasteiger partial charge < -0.3 is 10.4 Å². The van der Waals surface area contributed by atoms with Crippen molar-refractivity contribution in [3.05, 3.63) is 65.0 Å². The average molecular weight is 281 g/mol. The van der Waals surface area contributed by atoms with Crippen molar-refractivity contribution in [1.82, 2.24) is 0 Å². The van der Waals surface area contributed by atoms with E-state index in [1.807, 2.05) is 0 Å². The Hall–Kier alpha value is -2.01. The highest BCUT2D eigenvalue weighted by Gasteiger charge is 2.14. The van der Waals surface area contributed by atoms with Gasteiger partial charge in [-0.1, -0.05) is 6.07 Å². The highest BCUT2D eigenvalue weighted by molar-refractivity contribution is 5.50. The molecule has 2 rings (SSSR count). The fourth-order valence-corrected chi connectivity index (χ4v) is 1.87. The molecule has 2 aromatic carbocycles. The lowest BCUT2D eigenvalue weighted by Crippen LogP contribution is -2.14. The van der Waals surface area contributed by atoms with E-state index in [0.29, 0.717) is 5.69 Å². The minimum absolute atomic E-state index is 0.0509. The summed E-state index contributed by atoms with van der Waals surface area (Å²) < 4.78 is 39.6. The Morgan fingerprint density at radius 3 is 2.45 bits per heavy atom. The number of hydrogen-bond donors (Lipinski definition) is 2. The third kappa shape index (κ3) is 3.30. The molecule has 0 amide bonds. The lowest BCUT2D eigenvalue weighted by Gasteiger charge is -2.15. The van der Waals surface area contributed by atoms with Crippen molar-refractivity contribution in [3.63, 3.8) is 0 Å². The number of nitrogens with one attached hydrogen (secondary N) is 1. The lowest BCUT2D eigenvalue weighted by atomic mass is 10.1. The Labute approximate surface area is 114 Å². The summed E-state index contributed by atoms with van der Waals surface area (Å²) in [7, 11) is 0. The zero-order valence-corrected chi connectivity index (χ0v) is 10.8. The van der Waals surface area contributed by atoms with Crippen LogP contribution in [0.25, 0.3) is 0 Å². The molecule has 0 aliphatic rings. The number of benzene rings is 2. The first-order valence-corrected chi connectivity index (χ1v) is 6.10. The van der Waals surface area contributed by atoms with Gasteiger partial charge in [0, 0.05) is 17.8 Å². The van der Waals surface area contributed by atoms with Gasteiger partial charge in [-0.2, -0.15) is 0 Å². The Kier molecular flexibility index (Phi) is 4.29. The topological polar surface area (TPSA) is 32.3 Å².